The Kier molecular flexibility index (Phi) is 7.03. The van der Waals surface area contributed by atoms with Gasteiger partial charge in [-0.15, -0.1) is 0 Å². The van der Waals surface area contributed by atoms with Gasteiger partial charge in [-0.2, -0.15) is 0 Å². The van der Waals surface area contributed by atoms with Crippen LogP contribution in [0.3, 0.4) is 0 Å². The van der Waals surface area contributed by atoms with Gasteiger partial charge >= 0.3 is 0 Å². The van der Waals surface area contributed by atoms with Crippen LogP contribution in [0.2, 0.25) is 0 Å². The highest BCUT2D eigenvalue weighted by molar-refractivity contribution is 7.89. The summed E-state index contributed by atoms with van der Waals surface area (Å²) in [5.74, 6) is -0.818. The summed E-state index contributed by atoms with van der Waals surface area (Å²) in [4.78, 5) is 13.0. The number of halogens is 1. The molecule has 0 spiro atoms. The van der Waals surface area contributed by atoms with E-state index in [1.54, 1.807) is 12.1 Å². The van der Waals surface area contributed by atoms with Crippen molar-refractivity contribution in [3.63, 3.8) is 0 Å². The molecule has 0 aromatic heterocycles. The number of benzene rings is 2. The number of carbonyl (C=O) groups is 1. The number of nitrogens with one attached hydrogen (secondary N) is 1. The van der Waals surface area contributed by atoms with E-state index in [4.69, 9.17) is 0 Å². The van der Waals surface area contributed by atoms with E-state index >= 15 is 0 Å². The Morgan fingerprint density at radius 3 is 2.45 bits per heavy atom. The summed E-state index contributed by atoms with van der Waals surface area (Å²) in [6.07, 6.45) is 1.86. The lowest BCUT2D eigenvalue weighted by atomic mass is 9.95. The Hall–Kier alpha value is -2.25. The minimum Gasteiger partial charge on any atom is -0.345 e. The highest BCUT2D eigenvalue weighted by Crippen LogP contribution is 2.25. The maximum Gasteiger partial charge on any atom is 0.225 e. The molecule has 2 aromatic rings. The van der Waals surface area contributed by atoms with Crippen LogP contribution in [-0.2, 0) is 14.8 Å². The van der Waals surface area contributed by atoms with Crippen LogP contribution in [0.25, 0.3) is 0 Å². The molecular formula is C22H27FN2O3S. The van der Waals surface area contributed by atoms with Gasteiger partial charge in [0.1, 0.15) is 5.82 Å². The van der Waals surface area contributed by atoms with Crippen molar-refractivity contribution in [2.75, 3.05) is 18.8 Å². The average Bonchev–Trinajstić information content (AvgIpc) is 2.73. The van der Waals surface area contributed by atoms with Crippen LogP contribution in [0, 0.1) is 11.7 Å². The number of hydrogen-bond acceptors (Lipinski definition) is 3. The SMILES string of the molecule is CCCS(=O)(=O)N1CCC[C@H](C(=O)N[C@H](c2ccccc2)c2ccc(F)cc2)C1. The molecule has 0 bridgehead atoms. The van der Waals surface area contributed by atoms with Crippen molar-refractivity contribution in [1.29, 1.82) is 0 Å². The molecule has 2 aromatic carbocycles. The average molecular weight is 419 g/mol. The smallest absolute Gasteiger partial charge is 0.225 e. The Bertz CT molecular complexity index is 917. The fraction of sp³-hybridized carbons (Fsp3) is 0.409. The zero-order chi connectivity index (χ0) is 20.9. The van der Waals surface area contributed by atoms with Crippen LogP contribution in [0.5, 0.6) is 0 Å². The number of amides is 1. The Morgan fingerprint density at radius 1 is 1.14 bits per heavy atom. The van der Waals surface area contributed by atoms with Gasteiger partial charge in [-0.3, -0.25) is 4.79 Å². The lowest BCUT2D eigenvalue weighted by Crippen LogP contribution is -2.46. The van der Waals surface area contributed by atoms with E-state index < -0.39 is 22.0 Å². The zero-order valence-electron chi connectivity index (χ0n) is 16.6. The first kappa shape index (κ1) is 21.5. The molecule has 1 aliphatic heterocycles. The molecule has 7 heteroatoms. The monoisotopic (exact) mass is 418 g/mol. The van der Waals surface area contributed by atoms with Gasteiger partial charge in [0, 0.05) is 13.1 Å². The van der Waals surface area contributed by atoms with Crippen molar-refractivity contribution >= 4 is 15.9 Å². The minimum atomic E-state index is -3.33. The van der Waals surface area contributed by atoms with Gasteiger partial charge in [-0.1, -0.05) is 49.4 Å². The number of sulfonamides is 1. The first-order valence-corrected chi connectivity index (χ1v) is 11.6. The first-order chi connectivity index (χ1) is 13.9. The molecule has 1 saturated heterocycles. The fourth-order valence-corrected chi connectivity index (χ4v) is 5.30. The Labute approximate surface area is 172 Å². The second-order valence-electron chi connectivity index (χ2n) is 7.42. The van der Waals surface area contributed by atoms with Gasteiger partial charge in [-0.25, -0.2) is 17.1 Å². The van der Waals surface area contributed by atoms with E-state index in [9.17, 15) is 17.6 Å². The molecule has 1 aliphatic rings. The highest BCUT2D eigenvalue weighted by atomic mass is 32.2. The first-order valence-electron chi connectivity index (χ1n) is 9.99. The lowest BCUT2D eigenvalue weighted by Gasteiger charge is -2.32. The number of rotatable bonds is 7. The molecule has 0 aliphatic carbocycles. The maximum atomic E-state index is 13.4. The van der Waals surface area contributed by atoms with Crippen LogP contribution in [0.4, 0.5) is 4.39 Å². The molecule has 1 fully saturated rings. The van der Waals surface area contributed by atoms with Crippen LogP contribution in [-0.4, -0.2) is 37.5 Å². The zero-order valence-corrected chi connectivity index (χ0v) is 17.4. The molecule has 0 radical (unpaired) electrons. The molecule has 1 amide bonds. The topological polar surface area (TPSA) is 66.5 Å². The number of nitrogens with zero attached hydrogens (tertiary/aromatic N) is 1. The number of piperidine rings is 1. The summed E-state index contributed by atoms with van der Waals surface area (Å²) in [5.41, 5.74) is 1.66. The van der Waals surface area contributed by atoms with Gasteiger partial charge in [0.05, 0.1) is 17.7 Å². The molecule has 0 unspecified atom stereocenters. The van der Waals surface area contributed by atoms with Crippen LogP contribution in [0.1, 0.15) is 43.4 Å². The predicted octanol–water partition coefficient (Wildman–Crippen LogP) is 3.48. The van der Waals surface area contributed by atoms with E-state index in [0.29, 0.717) is 25.8 Å². The van der Waals surface area contributed by atoms with Crippen LogP contribution >= 0.6 is 0 Å². The van der Waals surface area contributed by atoms with E-state index in [0.717, 1.165) is 11.1 Å². The van der Waals surface area contributed by atoms with Gasteiger partial charge in [0.25, 0.3) is 0 Å². The molecule has 5 nitrogen and oxygen atoms in total. The standard InChI is InChI=1S/C22H27FN2O3S/c1-2-15-29(27,28)25-14-6-9-19(16-25)22(26)24-21(17-7-4-3-5-8-17)18-10-12-20(23)13-11-18/h3-5,7-8,10-13,19,21H,2,6,9,14-16H2,1H3,(H,24,26)/t19-,21+/m0/s1. The molecule has 156 valence electrons. The minimum absolute atomic E-state index is 0.101. The second kappa shape index (κ2) is 9.50. The third kappa shape index (κ3) is 5.42. The van der Waals surface area contributed by atoms with Crippen molar-refractivity contribution in [3.05, 3.63) is 71.5 Å². The summed E-state index contributed by atoms with van der Waals surface area (Å²) in [5, 5.41) is 3.06. The number of hydrogen-bond donors (Lipinski definition) is 1. The van der Waals surface area contributed by atoms with E-state index in [-0.39, 0.29) is 24.0 Å². The van der Waals surface area contributed by atoms with Gasteiger partial charge in [-0.05, 0) is 42.5 Å². The van der Waals surface area contributed by atoms with Crippen molar-refractivity contribution in [1.82, 2.24) is 9.62 Å². The molecule has 2 atom stereocenters. The van der Waals surface area contributed by atoms with Crippen molar-refractivity contribution in [2.45, 2.75) is 32.2 Å². The van der Waals surface area contributed by atoms with Gasteiger partial charge in [0.2, 0.25) is 15.9 Å². The lowest BCUT2D eigenvalue weighted by molar-refractivity contribution is -0.126. The summed E-state index contributed by atoms with van der Waals surface area (Å²) in [6, 6.07) is 15.1. The normalized spacial score (nSPS) is 18.9. The largest absolute Gasteiger partial charge is 0.345 e. The molecule has 1 heterocycles. The van der Waals surface area contributed by atoms with Crippen molar-refractivity contribution < 1.29 is 17.6 Å². The van der Waals surface area contributed by atoms with Crippen molar-refractivity contribution in [2.24, 2.45) is 5.92 Å². The van der Waals surface area contributed by atoms with Gasteiger partial charge < -0.3 is 5.32 Å². The quantitative estimate of drug-likeness (QED) is 0.749. The predicted molar refractivity (Wildman–Crippen MR) is 111 cm³/mol. The molecule has 3 rings (SSSR count). The summed E-state index contributed by atoms with van der Waals surface area (Å²) in [7, 11) is -3.33. The Morgan fingerprint density at radius 2 is 1.79 bits per heavy atom. The fourth-order valence-electron chi connectivity index (χ4n) is 3.72. The summed E-state index contributed by atoms with van der Waals surface area (Å²) in [6.45, 7) is 2.50. The molecule has 1 N–H and O–H groups in total. The summed E-state index contributed by atoms with van der Waals surface area (Å²) >= 11 is 0. The third-order valence-electron chi connectivity index (χ3n) is 5.23. The molecular weight excluding hydrogens is 391 g/mol. The summed E-state index contributed by atoms with van der Waals surface area (Å²) < 4.78 is 39.6. The van der Waals surface area contributed by atoms with E-state index in [1.807, 2.05) is 37.3 Å². The maximum absolute atomic E-state index is 13.4. The van der Waals surface area contributed by atoms with E-state index in [1.165, 1.54) is 16.4 Å². The molecule has 0 saturated carbocycles. The van der Waals surface area contributed by atoms with E-state index in [2.05, 4.69) is 5.32 Å². The third-order valence-corrected chi connectivity index (χ3v) is 7.28. The van der Waals surface area contributed by atoms with Crippen molar-refractivity contribution in [3.8, 4) is 0 Å². The highest BCUT2D eigenvalue weighted by Gasteiger charge is 2.33. The Balaban J connectivity index is 1.78. The van der Waals surface area contributed by atoms with Crippen LogP contribution < -0.4 is 5.32 Å². The molecule has 29 heavy (non-hydrogen) atoms. The van der Waals surface area contributed by atoms with Gasteiger partial charge in [0.15, 0.2) is 0 Å². The van der Waals surface area contributed by atoms with Crippen LogP contribution in [0.15, 0.2) is 54.6 Å². The number of carbonyl (C=O) groups excluding carboxylic acids is 1. The second-order valence-corrected chi connectivity index (χ2v) is 9.51.